The molecule has 0 heterocycles. The largest absolute Gasteiger partial charge is 0.384 e. The Morgan fingerprint density at radius 1 is 0.968 bits per heavy atom. The number of benzene rings is 1. The van der Waals surface area contributed by atoms with Gasteiger partial charge in [-0.25, -0.2) is 0 Å². The number of nitrogens with one attached hydrogen (secondary N) is 4. The maximum absolute atomic E-state index is 8.05. The van der Waals surface area contributed by atoms with Gasteiger partial charge in [-0.15, -0.1) is 0 Å². The fraction of sp³-hybridized carbons (Fsp3) is 0.462. The van der Waals surface area contributed by atoms with Gasteiger partial charge in [0.1, 0.15) is 5.84 Å². The second-order valence-corrected chi connectivity index (χ2v) is 7.99. The van der Waals surface area contributed by atoms with E-state index < -0.39 is 0 Å². The molecular formula is C26H37N5. The number of amidine groups is 1. The van der Waals surface area contributed by atoms with Crippen LogP contribution in [-0.2, 0) is 6.54 Å². The molecule has 0 saturated carbocycles. The lowest BCUT2D eigenvalue weighted by Gasteiger charge is -2.07. The summed E-state index contributed by atoms with van der Waals surface area (Å²) in [5.41, 5.74) is 10.3. The number of hydrogen-bond acceptors (Lipinski definition) is 4. The molecule has 0 spiro atoms. The maximum atomic E-state index is 8.05. The molecule has 166 valence electrons. The molecule has 0 unspecified atom stereocenters. The highest BCUT2D eigenvalue weighted by atomic mass is 14.9. The first kappa shape index (κ1) is 24.6. The smallest absolute Gasteiger partial charge is 0.122 e. The predicted octanol–water partition coefficient (Wildman–Crippen LogP) is 4.29. The first-order valence-electron chi connectivity index (χ1n) is 11.4. The van der Waals surface area contributed by atoms with E-state index >= 15 is 0 Å². The van der Waals surface area contributed by atoms with Crippen LogP contribution in [0.3, 0.4) is 0 Å². The summed E-state index contributed by atoms with van der Waals surface area (Å²) >= 11 is 0. The van der Waals surface area contributed by atoms with Gasteiger partial charge in [0.2, 0.25) is 0 Å². The van der Waals surface area contributed by atoms with Crippen molar-refractivity contribution < 1.29 is 0 Å². The summed E-state index contributed by atoms with van der Waals surface area (Å²) < 4.78 is 0. The van der Waals surface area contributed by atoms with Crippen LogP contribution in [-0.4, -0.2) is 31.2 Å². The summed E-state index contributed by atoms with van der Waals surface area (Å²) in [6.45, 7) is 5.88. The molecule has 1 aliphatic rings. The van der Waals surface area contributed by atoms with Gasteiger partial charge in [0.15, 0.2) is 0 Å². The summed E-state index contributed by atoms with van der Waals surface area (Å²) in [7, 11) is 0. The lowest BCUT2D eigenvalue weighted by Crippen LogP contribution is -2.18. The third-order valence-electron chi connectivity index (χ3n) is 5.25. The Balaban J connectivity index is 1.49. The summed E-state index contributed by atoms with van der Waals surface area (Å²) in [6, 6.07) is 7.85. The number of rotatable bonds is 15. The van der Waals surface area contributed by atoms with Crippen molar-refractivity contribution >= 4 is 11.5 Å². The Hall–Kier alpha value is -2.68. The number of nitrogens with two attached hydrogens (primary N) is 1. The summed E-state index contributed by atoms with van der Waals surface area (Å²) in [5.74, 6) is 6.45. The van der Waals surface area contributed by atoms with E-state index in [9.17, 15) is 0 Å². The van der Waals surface area contributed by atoms with Crippen LogP contribution in [0.15, 0.2) is 47.6 Å². The average molecular weight is 420 g/mol. The van der Waals surface area contributed by atoms with E-state index in [1.165, 1.54) is 36.8 Å². The van der Waals surface area contributed by atoms with Gasteiger partial charge in [-0.3, -0.25) is 5.41 Å². The number of allylic oxidation sites excluding steroid dienone is 3. The lowest BCUT2D eigenvalue weighted by atomic mass is 10.1. The molecule has 5 heteroatoms. The zero-order valence-corrected chi connectivity index (χ0v) is 18.8. The van der Waals surface area contributed by atoms with Crippen LogP contribution in [0.2, 0.25) is 0 Å². The molecule has 0 saturated heterocycles. The van der Waals surface area contributed by atoms with Crippen molar-refractivity contribution in [1.82, 2.24) is 10.6 Å². The van der Waals surface area contributed by atoms with Gasteiger partial charge in [0, 0.05) is 36.4 Å². The molecule has 5 nitrogen and oxygen atoms in total. The SMILES string of the molecule is CCCC(=N)C1=CC=C(CNCCCCCCNCc2ccc(C(=N)N)cc2)CC#C1. The van der Waals surface area contributed by atoms with E-state index in [1.54, 1.807) is 0 Å². The van der Waals surface area contributed by atoms with Crippen molar-refractivity contribution in [3.8, 4) is 11.8 Å². The van der Waals surface area contributed by atoms with Crippen molar-refractivity contribution in [3.05, 3.63) is 58.7 Å². The van der Waals surface area contributed by atoms with E-state index in [4.69, 9.17) is 16.6 Å². The van der Waals surface area contributed by atoms with E-state index in [0.717, 1.165) is 56.6 Å². The molecule has 2 rings (SSSR count). The fourth-order valence-corrected chi connectivity index (χ4v) is 3.37. The third kappa shape index (κ3) is 9.78. The molecule has 6 N–H and O–H groups in total. The first-order chi connectivity index (χ1) is 15.1. The van der Waals surface area contributed by atoms with Gasteiger partial charge in [0.05, 0.1) is 0 Å². The fourth-order valence-electron chi connectivity index (χ4n) is 3.37. The zero-order valence-electron chi connectivity index (χ0n) is 18.8. The molecule has 0 radical (unpaired) electrons. The first-order valence-corrected chi connectivity index (χ1v) is 11.4. The topological polar surface area (TPSA) is 97.8 Å². The zero-order chi connectivity index (χ0) is 22.3. The highest BCUT2D eigenvalue weighted by molar-refractivity contribution is 6.02. The Labute approximate surface area is 187 Å². The third-order valence-corrected chi connectivity index (χ3v) is 5.25. The highest BCUT2D eigenvalue weighted by Crippen LogP contribution is 2.10. The number of hydrogen-bond donors (Lipinski definition) is 5. The summed E-state index contributed by atoms with van der Waals surface area (Å²) in [5, 5.41) is 22.5. The summed E-state index contributed by atoms with van der Waals surface area (Å²) in [4.78, 5) is 0. The van der Waals surface area contributed by atoms with Gasteiger partial charge in [-0.05, 0) is 49.6 Å². The Morgan fingerprint density at radius 2 is 1.65 bits per heavy atom. The molecule has 0 bridgehead atoms. The lowest BCUT2D eigenvalue weighted by molar-refractivity contribution is 0.570. The van der Waals surface area contributed by atoms with Crippen LogP contribution in [0.4, 0.5) is 0 Å². The van der Waals surface area contributed by atoms with Crippen LogP contribution in [0.1, 0.15) is 63.0 Å². The van der Waals surface area contributed by atoms with Gasteiger partial charge in [0.25, 0.3) is 0 Å². The molecule has 1 aromatic carbocycles. The maximum Gasteiger partial charge on any atom is 0.122 e. The van der Waals surface area contributed by atoms with Crippen LogP contribution in [0, 0.1) is 22.7 Å². The normalized spacial score (nSPS) is 12.9. The molecule has 31 heavy (non-hydrogen) atoms. The minimum atomic E-state index is 0.114. The van der Waals surface area contributed by atoms with Crippen molar-refractivity contribution in [2.75, 3.05) is 19.6 Å². The highest BCUT2D eigenvalue weighted by Gasteiger charge is 2.04. The van der Waals surface area contributed by atoms with Gasteiger partial charge in [-0.1, -0.05) is 68.4 Å². The molecule has 1 aliphatic carbocycles. The Kier molecular flexibility index (Phi) is 11.4. The Morgan fingerprint density at radius 3 is 2.29 bits per heavy atom. The minimum Gasteiger partial charge on any atom is -0.384 e. The van der Waals surface area contributed by atoms with Crippen molar-refractivity contribution in [2.45, 2.75) is 58.4 Å². The van der Waals surface area contributed by atoms with Crippen molar-refractivity contribution in [2.24, 2.45) is 5.73 Å². The van der Waals surface area contributed by atoms with Crippen LogP contribution in [0.5, 0.6) is 0 Å². The van der Waals surface area contributed by atoms with E-state index in [0.29, 0.717) is 5.71 Å². The van der Waals surface area contributed by atoms with Crippen LogP contribution in [0.25, 0.3) is 0 Å². The second-order valence-electron chi connectivity index (χ2n) is 7.99. The van der Waals surface area contributed by atoms with Crippen LogP contribution >= 0.6 is 0 Å². The van der Waals surface area contributed by atoms with Crippen molar-refractivity contribution in [1.29, 1.82) is 10.8 Å². The molecule has 0 amide bonds. The minimum absolute atomic E-state index is 0.114. The van der Waals surface area contributed by atoms with Crippen molar-refractivity contribution in [3.63, 3.8) is 0 Å². The van der Waals surface area contributed by atoms with E-state index in [2.05, 4.69) is 35.5 Å². The molecular weight excluding hydrogens is 382 g/mol. The van der Waals surface area contributed by atoms with Gasteiger partial charge >= 0.3 is 0 Å². The molecule has 0 aromatic heterocycles. The van der Waals surface area contributed by atoms with E-state index in [-0.39, 0.29) is 5.84 Å². The molecule has 0 atom stereocenters. The summed E-state index contributed by atoms with van der Waals surface area (Å²) in [6.07, 6.45) is 11.6. The number of nitrogen functional groups attached to an aromatic ring is 1. The quantitative estimate of drug-likeness (QED) is 0.127. The average Bonchev–Trinajstić information content (AvgIpc) is 3.01. The van der Waals surface area contributed by atoms with Gasteiger partial charge < -0.3 is 21.8 Å². The molecule has 0 fully saturated rings. The van der Waals surface area contributed by atoms with Gasteiger partial charge in [-0.2, -0.15) is 0 Å². The standard InChI is InChI=1S/C26H37N5/c1-2-8-25(27)23-10-7-9-21(11-14-23)19-30-17-5-3-4-6-18-31-20-22-12-15-24(16-13-22)26(28)29/h11-16,27,30-31H,2-6,8-9,17-20H2,1H3,(H3,28,29). The monoisotopic (exact) mass is 419 g/mol. The van der Waals surface area contributed by atoms with E-state index in [1.807, 2.05) is 30.3 Å². The predicted molar refractivity (Wildman–Crippen MR) is 132 cm³/mol. The molecule has 0 aliphatic heterocycles. The number of unbranched alkanes of at least 4 members (excludes halogenated alkanes) is 3. The van der Waals surface area contributed by atoms with Crippen LogP contribution < -0.4 is 16.4 Å². The molecule has 1 aromatic rings. The Bertz CT molecular complexity index is 837. The second kappa shape index (κ2) is 14.3.